The second-order valence-electron chi connectivity index (χ2n) is 8.18. The van der Waals surface area contributed by atoms with Gasteiger partial charge in [0, 0.05) is 40.1 Å². The van der Waals surface area contributed by atoms with E-state index in [1.165, 1.54) is 60.9 Å². The Morgan fingerprint density at radius 3 is 2.51 bits per heavy atom. The highest BCUT2D eigenvalue weighted by Crippen LogP contribution is 2.32. The van der Waals surface area contributed by atoms with Crippen LogP contribution in [0.5, 0.6) is 5.75 Å². The molecule has 39 heavy (non-hydrogen) atoms. The predicted molar refractivity (Wildman–Crippen MR) is 153 cm³/mol. The fourth-order valence-electron chi connectivity index (χ4n) is 3.68. The summed E-state index contributed by atoms with van der Waals surface area (Å²) in [6.07, 6.45) is 0. The number of rotatable bonds is 10. The summed E-state index contributed by atoms with van der Waals surface area (Å²) >= 11 is 13.5. The van der Waals surface area contributed by atoms with Gasteiger partial charge in [-0.15, -0.1) is 11.3 Å². The molecule has 0 radical (unpaired) electrons. The number of anilines is 2. The van der Waals surface area contributed by atoms with Crippen LogP contribution in [0.3, 0.4) is 0 Å². The molecule has 4 rings (SSSR count). The molecule has 8 nitrogen and oxygen atoms in total. The van der Waals surface area contributed by atoms with Crippen molar-refractivity contribution in [2.75, 3.05) is 31.3 Å². The maximum absolute atomic E-state index is 14.6. The SMILES string of the molecule is CNc1nc(-c2ccc(OC)c(NC(=O)CN(Cc3c(F)cccc3Cl)S(=O)(=O)c3ccc(Cl)cc3)c2)cs1. The Bertz CT molecular complexity index is 1580. The molecule has 0 unspecified atom stereocenters. The van der Waals surface area contributed by atoms with Crippen molar-refractivity contribution in [1.82, 2.24) is 9.29 Å². The third kappa shape index (κ3) is 6.68. The molecule has 4 aromatic rings. The lowest BCUT2D eigenvalue weighted by Gasteiger charge is -2.23. The van der Waals surface area contributed by atoms with Gasteiger partial charge in [-0.1, -0.05) is 29.3 Å². The normalized spacial score (nSPS) is 11.4. The second-order valence-corrected chi connectivity index (χ2v) is 11.8. The summed E-state index contributed by atoms with van der Waals surface area (Å²) in [6.45, 7) is -1.11. The number of hydrogen-bond donors (Lipinski definition) is 2. The molecule has 0 fully saturated rings. The Hall–Kier alpha value is -3.22. The number of halogens is 3. The molecule has 0 bridgehead atoms. The first-order valence-corrected chi connectivity index (χ1v) is 14.5. The molecule has 204 valence electrons. The Morgan fingerprint density at radius 1 is 1.13 bits per heavy atom. The van der Waals surface area contributed by atoms with E-state index in [2.05, 4.69) is 15.6 Å². The Balaban J connectivity index is 1.65. The number of benzene rings is 3. The summed E-state index contributed by atoms with van der Waals surface area (Å²) in [7, 11) is -1.05. The van der Waals surface area contributed by atoms with E-state index in [9.17, 15) is 17.6 Å². The van der Waals surface area contributed by atoms with Crippen LogP contribution in [0.1, 0.15) is 5.56 Å². The average Bonchev–Trinajstić information content (AvgIpc) is 3.40. The molecule has 1 aromatic heterocycles. The van der Waals surface area contributed by atoms with E-state index in [-0.39, 0.29) is 15.5 Å². The molecule has 3 aromatic carbocycles. The molecule has 0 aliphatic carbocycles. The van der Waals surface area contributed by atoms with Crippen LogP contribution in [-0.2, 0) is 21.4 Å². The van der Waals surface area contributed by atoms with E-state index in [1.54, 1.807) is 25.2 Å². The smallest absolute Gasteiger partial charge is 0.243 e. The number of methoxy groups -OCH3 is 1. The third-order valence-corrected chi connectivity index (χ3v) is 8.93. The van der Waals surface area contributed by atoms with Crippen LogP contribution in [0.25, 0.3) is 11.3 Å². The molecule has 0 saturated heterocycles. The van der Waals surface area contributed by atoms with Crippen LogP contribution >= 0.6 is 34.5 Å². The number of carbonyl (C=O) groups is 1. The van der Waals surface area contributed by atoms with Gasteiger partial charge in [0.15, 0.2) is 5.13 Å². The van der Waals surface area contributed by atoms with Gasteiger partial charge in [0.25, 0.3) is 0 Å². The number of sulfonamides is 1. The Kier molecular flexibility index (Phi) is 9.08. The van der Waals surface area contributed by atoms with E-state index >= 15 is 0 Å². The van der Waals surface area contributed by atoms with Crippen molar-refractivity contribution in [2.24, 2.45) is 0 Å². The summed E-state index contributed by atoms with van der Waals surface area (Å²) in [5.74, 6) is -1.01. The fraction of sp³-hybridized carbons (Fsp3) is 0.154. The van der Waals surface area contributed by atoms with E-state index in [1.807, 2.05) is 5.38 Å². The molecule has 0 spiro atoms. The van der Waals surface area contributed by atoms with Crippen LogP contribution in [-0.4, -0.2) is 44.3 Å². The van der Waals surface area contributed by atoms with Gasteiger partial charge in [0.1, 0.15) is 11.6 Å². The maximum atomic E-state index is 14.6. The van der Waals surface area contributed by atoms with Crippen LogP contribution in [0.15, 0.2) is 70.9 Å². The number of nitrogens with one attached hydrogen (secondary N) is 2. The number of aromatic nitrogens is 1. The van der Waals surface area contributed by atoms with Crippen LogP contribution < -0.4 is 15.4 Å². The zero-order chi connectivity index (χ0) is 28.2. The van der Waals surface area contributed by atoms with Crippen LogP contribution in [0.4, 0.5) is 15.2 Å². The second kappa shape index (κ2) is 12.3. The molecule has 0 aliphatic rings. The van der Waals surface area contributed by atoms with Gasteiger partial charge in [-0.25, -0.2) is 17.8 Å². The van der Waals surface area contributed by atoms with E-state index in [0.29, 0.717) is 27.7 Å². The van der Waals surface area contributed by atoms with E-state index in [0.717, 1.165) is 9.44 Å². The number of ether oxygens (including phenoxy) is 1. The highest BCUT2D eigenvalue weighted by molar-refractivity contribution is 7.89. The first kappa shape index (κ1) is 28.8. The monoisotopic (exact) mass is 608 g/mol. The van der Waals surface area contributed by atoms with Gasteiger partial charge in [-0.2, -0.15) is 4.31 Å². The van der Waals surface area contributed by atoms with Crippen molar-refractivity contribution < 1.29 is 22.3 Å². The summed E-state index contributed by atoms with van der Waals surface area (Å²) in [5.41, 5.74) is 1.65. The lowest BCUT2D eigenvalue weighted by Crippen LogP contribution is -2.38. The highest BCUT2D eigenvalue weighted by Gasteiger charge is 2.29. The maximum Gasteiger partial charge on any atom is 0.243 e. The number of hydrogen-bond acceptors (Lipinski definition) is 7. The Morgan fingerprint density at radius 2 is 1.87 bits per heavy atom. The lowest BCUT2D eigenvalue weighted by molar-refractivity contribution is -0.116. The van der Waals surface area contributed by atoms with Gasteiger partial charge in [0.2, 0.25) is 15.9 Å². The number of thiazole rings is 1. The van der Waals surface area contributed by atoms with Crippen molar-refractivity contribution in [1.29, 1.82) is 0 Å². The molecular formula is C26H23Cl2FN4O4S2. The van der Waals surface area contributed by atoms with Crippen molar-refractivity contribution in [3.8, 4) is 17.0 Å². The van der Waals surface area contributed by atoms with Crippen molar-refractivity contribution in [3.05, 3.63) is 87.5 Å². The van der Waals surface area contributed by atoms with E-state index in [4.69, 9.17) is 27.9 Å². The zero-order valence-electron chi connectivity index (χ0n) is 20.7. The first-order chi connectivity index (χ1) is 18.6. The highest BCUT2D eigenvalue weighted by atomic mass is 35.5. The molecule has 0 aliphatic heterocycles. The predicted octanol–water partition coefficient (Wildman–Crippen LogP) is 6.14. The first-order valence-electron chi connectivity index (χ1n) is 11.4. The summed E-state index contributed by atoms with van der Waals surface area (Å²) in [4.78, 5) is 17.6. The van der Waals surface area contributed by atoms with Crippen LogP contribution in [0.2, 0.25) is 10.0 Å². The van der Waals surface area contributed by atoms with Gasteiger partial charge >= 0.3 is 0 Å². The molecule has 1 heterocycles. The summed E-state index contributed by atoms with van der Waals surface area (Å²) < 4.78 is 48.0. The van der Waals surface area contributed by atoms with Gasteiger partial charge in [-0.05, 0) is 54.6 Å². The van der Waals surface area contributed by atoms with E-state index < -0.39 is 34.8 Å². The molecule has 0 atom stereocenters. The number of nitrogens with zero attached hydrogens (tertiary/aromatic N) is 2. The Labute approximate surface area is 239 Å². The third-order valence-electron chi connectivity index (χ3n) is 5.65. The molecule has 2 N–H and O–H groups in total. The van der Waals surface area contributed by atoms with Crippen molar-refractivity contribution >= 4 is 61.3 Å². The minimum atomic E-state index is -4.26. The molecular weight excluding hydrogens is 586 g/mol. The number of carbonyl (C=O) groups excluding carboxylic acids is 1. The standard InChI is InChI=1S/C26H23Cl2FN4O4S2/c1-30-26-32-23(15-38-26)16-6-11-24(37-2)22(12-16)31-25(34)14-33(13-19-20(28)4-3-5-21(19)29)39(35,36)18-9-7-17(27)8-10-18/h3-12,15H,13-14H2,1-2H3,(H,30,32)(H,31,34). The van der Waals surface area contributed by atoms with Crippen molar-refractivity contribution in [2.45, 2.75) is 11.4 Å². The van der Waals surface area contributed by atoms with Gasteiger partial charge in [0.05, 0.1) is 29.9 Å². The van der Waals surface area contributed by atoms with Gasteiger partial charge < -0.3 is 15.4 Å². The largest absolute Gasteiger partial charge is 0.495 e. The topological polar surface area (TPSA) is 101 Å². The quantitative estimate of drug-likeness (QED) is 0.224. The molecule has 1 amide bonds. The summed E-state index contributed by atoms with van der Waals surface area (Å²) in [6, 6.07) is 14.6. The minimum Gasteiger partial charge on any atom is -0.495 e. The summed E-state index contributed by atoms with van der Waals surface area (Å²) in [5, 5.41) is 8.64. The molecule has 13 heteroatoms. The fourth-order valence-corrected chi connectivity index (χ4v) is 6.07. The zero-order valence-corrected chi connectivity index (χ0v) is 23.9. The average molecular weight is 610 g/mol. The van der Waals surface area contributed by atoms with Crippen LogP contribution in [0, 0.1) is 5.82 Å². The van der Waals surface area contributed by atoms with Crippen molar-refractivity contribution in [3.63, 3.8) is 0 Å². The molecule has 0 saturated carbocycles. The number of amides is 1. The minimum absolute atomic E-state index is 0.0327. The van der Waals surface area contributed by atoms with Gasteiger partial charge in [-0.3, -0.25) is 4.79 Å². The lowest BCUT2D eigenvalue weighted by atomic mass is 10.1.